The van der Waals surface area contributed by atoms with Crippen molar-refractivity contribution in [3.8, 4) is 0 Å². The normalized spacial score (nSPS) is 18.3. The van der Waals surface area contributed by atoms with E-state index in [1.165, 1.54) is 37.3 Å². The van der Waals surface area contributed by atoms with E-state index >= 15 is 0 Å². The minimum atomic E-state index is -3.39. The summed E-state index contributed by atoms with van der Waals surface area (Å²) in [6, 6.07) is 5.05. The average Bonchev–Trinajstić information content (AvgIpc) is 3.04. The molecule has 8 nitrogen and oxygen atoms in total. The summed E-state index contributed by atoms with van der Waals surface area (Å²) in [6.45, 7) is 4.60. The minimum Gasteiger partial charge on any atom is -0.464 e. The third-order valence-corrected chi connectivity index (χ3v) is 5.43. The summed E-state index contributed by atoms with van der Waals surface area (Å²) >= 11 is 0. The molecule has 0 aromatic heterocycles. The SMILES string of the molecule is CCOC(=O)C1(C(=O)OCC)C=C(C(C)=O)[C@H](c2ccc(S(C)(=O)=O)cc2)N1. The van der Waals surface area contributed by atoms with Crippen LogP contribution in [0.15, 0.2) is 40.8 Å². The molecule has 9 heteroatoms. The smallest absolute Gasteiger partial charge is 0.342 e. The first-order valence-electron chi connectivity index (χ1n) is 8.72. The molecule has 152 valence electrons. The summed E-state index contributed by atoms with van der Waals surface area (Å²) in [4.78, 5) is 37.5. The highest BCUT2D eigenvalue weighted by Crippen LogP contribution is 2.35. The zero-order valence-electron chi connectivity index (χ0n) is 16.1. The molecule has 0 fully saturated rings. The Balaban J connectivity index is 2.52. The quantitative estimate of drug-likeness (QED) is 0.526. The van der Waals surface area contributed by atoms with Crippen LogP contribution in [0.4, 0.5) is 0 Å². The molecule has 0 saturated carbocycles. The van der Waals surface area contributed by atoms with Crippen LogP contribution >= 0.6 is 0 Å². The summed E-state index contributed by atoms with van der Waals surface area (Å²) in [5.74, 6) is -2.09. The number of esters is 2. The first-order valence-corrected chi connectivity index (χ1v) is 10.6. The van der Waals surface area contributed by atoms with Gasteiger partial charge in [0.1, 0.15) is 0 Å². The molecule has 0 bridgehead atoms. The molecule has 0 aliphatic carbocycles. The number of benzene rings is 1. The maximum Gasteiger partial charge on any atom is 0.342 e. The Bertz CT molecular complexity index is 898. The number of rotatable bonds is 7. The lowest BCUT2D eigenvalue weighted by atomic mass is 9.97. The first kappa shape index (κ1) is 21.8. The van der Waals surface area contributed by atoms with Gasteiger partial charge in [-0.1, -0.05) is 12.1 Å². The molecule has 0 radical (unpaired) electrons. The van der Waals surface area contributed by atoms with Gasteiger partial charge in [0.2, 0.25) is 5.54 Å². The first-order chi connectivity index (χ1) is 13.1. The number of hydrogen-bond acceptors (Lipinski definition) is 8. The van der Waals surface area contributed by atoms with Crippen molar-refractivity contribution in [2.24, 2.45) is 0 Å². The molecule has 2 rings (SSSR count). The Hall–Kier alpha value is -2.52. The van der Waals surface area contributed by atoms with Crippen molar-refractivity contribution >= 4 is 27.6 Å². The molecular formula is C19H23NO7S. The van der Waals surface area contributed by atoms with Crippen LogP contribution in [0.25, 0.3) is 0 Å². The van der Waals surface area contributed by atoms with E-state index < -0.39 is 33.4 Å². The van der Waals surface area contributed by atoms with E-state index in [-0.39, 0.29) is 29.5 Å². The highest BCUT2D eigenvalue weighted by molar-refractivity contribution is 7.90. The summed E-state index contributed by atoms with van der Waals surface area (Å²) in [7, 11) is -3.39. The molecule has 0 spiro atoms. The molecule has 0 unspecified atom stereocenters. The second-order valence-electron chi connectivity index (χ2n) is 6.32. The lowest BCUT2D eigenvalue weighted by molar-refractivity contribution is -0.162. The number of nitrogens with one attached hydrogen (secondary N) is 1. The highest BCUT2D eigenvalue weighted by atomic mass is 32.2. The van der Waals surface area contributed by atoms with Crippen molar-refractivity contribution in [1.29, 1.82) is 0 Å². The van der Waals surface area contributed by atoms with E-state index in [0.29, 0.717) is 5.56 Å². The van der Waals surface area contributed by atoms with E-state index in [1.54, 1.807) is 13.8 Å². The van der Waals surface area contributed by atoms with Crippen molar-refractivity contribution in [3.63, 3.8) is 0 Å². The van der Waals surface area contributed by atoms with Gasteiger partial charge in [0.05, 0.1) is 24.2 Å². The predicted molar refractivity (Wildman–Crippen MR) is 100 cm³/mol. The average molecular weight is 409 g/mol. The number of carbonyl (C=O) groups is 3. The molecule has 0 amide bonds. The highest BCUT2D eigenvalue weighted by Gasteiger charge is 2.54. The zero-order chi connectivity index (χ0) is 21.1. The number of Topliss-reactive ketones (excluding diaryl/α,β-unsaturated/α-hetero) is 1. The van der Waals surface area contributed by atoms with E-state index in [9.17, 15) is 22.8 Å². The Morgan fingerprint density at radius 2 is 1.54 bits per heavy atom. The molecule has 1 atom stereocenters. The van der Waals surface area contributed by atoms with Gasteiger partial charge >= 0.3 is 11.9 Å². The topological polar surface area (TPSA) is 116 Å². The van der Waals surface area contributed by atoms with Crippen molar-refractivity contribution < 1.29 is 32.3 Å². The van der Waals surface area contributed by atoms with Gasteiger partial charge in [-0.2, -0.15) is 0 Å². The second kappa shape index (κ2) is 8.24. The number of ether oxygens (including phenoxy) is 2. The lowest BCUT2D eigenvalue weighted by Crippen LogP contribution is -2.56. The molecule has 1 aromatic carbocycles. The monoisotopic (exact) mass is 409 g/mol. The Morgan fingerprint density at radius 3 is 1.93 bits per heavy atom. The fourth-order valence-corrected chi connectivity index (χ4v) is 3.58. The summed E-state index contributed by atoms with van der Waals surface area (Å²) in [6.07, 6.45) is 2.32. The lowest BCUT2D eigenvalue weighted by Gasteiger charge is -2.26. The van der Waals surface area contributed by atoms with Crippen molar-refractivity contribution in [1.82, 2.24) is 5.32 Å². The van der Waals surface area contributed by atoms with Crippen LogP contribution in [0.5, 0.6) is 0 Å². The van der Waals surface area contributed by atoms with E-state index in [0.717, 1.165) is 6.26 Å². The Morgan fingerprint density at radius 1 is 1.04 bits per heavy atom. The zero-order valence-corrected chi connectivity index (χ0v) is 17.0. The molecule has 1 aromatic rings. The molecule has 1 N–H and O–H groups in total. The van der Waals surface area contributed by atoms with Gasteiger partial charge in [-0.25, -0.2) is 18.0 Å². The molecule has 28 heavy (non-hydrogen) atoms. The largest absolute Gasteiger partial charge is 0.464 e. The minimum absolute atomic E-state index is 0.0403. The molecule has 1 aliphatic rings. The van der Waals surface area contributed by atoms with Crippen LogP contribution in [0.2, 0.25) is 0 Å². The summed E-state index contributed by atoms with van der Waals surface area (Å²) in [5.41, 5.74) is -1.25. The fraction of sp³-hybridized carbons (Fsp3) is 0.421. The molecular weight excluding hydrogens is 386 g/mol. The van der Waals surface area contributed by atoms with Crippen LogP contribution in [0.1, 0.15) is 32.4 Å². The Kier molecular flexibility index (Phi) is 6.41. The van der Waals surface area contributed by atoms with Crippen LogP contribution in [0.3, 0.4) is 0 Å². The van der Waals surface area contributed by atoms with Gasteiger partial charge < -0.3 is 9.47 Å². The van der Waals surface area contributed by atoms with E-state index in [2.05, 4.69) is 5.32 Å². The summed E-state index contributed by atoms with van der Waals surface area (Å²) in [5, 5.41) is 2.87. The van der Waals surface area contributed by atoms with Gasteiger partial charge in [-0.3, -0.25) is 10.1 Å². The van der Waals surface area contributed by atoms with Crippen molar-refractivity contribution in [3.05, 3.63) is 41.5 Å². The third-order valence-electron chi connectivity index (χ3n) is 4.30. The van der Waals surface area contributed by atoms with Gasteiger partial charge in [-0.15, -0.1) is 0 Å². The number of sulfone groups is 1. The maximum atomic E-state index is 12.6. The fourth-order valence-electron chi connectivity index (χ4n) is 2.95. The summed E-state index contributed by atoms with van der Waals surface area (Å²) < 4.78 is 33.4. The Labute approximate surface area is 163 Å². The number of hydrogen-bond donors (Lipinski definition) is 1. The van der Waals surface area contributed by atoms with Crippen molar-refractivity contribution in [2.75, 3.05) is 19.5 Å². The van der Waals surface area contributed by atoms with Crippen LogP contribution < -0.4 is 5.32 Å². The third kappa shape index (κ3) is 4.15. The molecule has 1 heterocycles. The molecule has 0 saturated heterocycles. The second-order valence-corrected chi connectivity index (χ2v) is 8.34. The number of ketones is 1. The standard InChI is InChI=1S/C19H23NO7S/c1-5-26-17(22)19(18(23)27-6-2)11-15(12(3)21)16(20-19)13-7-9-14(10-8-13)28(4,24)25/h7-11,16,20H,5-6H2,1-4H3/t16-/m0/s1. The van der Waals surface area contributed by atoms with Crippen molar-refractivity contribution in [2.45, 2.75) is 37.2 Å². The van der Waals surface area contributed by atoms with Gasteiger partial charge in [0, 0.05) is 11.8 Å². The van der Waals surface area contributed by atoms with Gasteiger partial charge in [0.25, 0.3) is 0 Å². The predicted octanol–water partition coefficient (Wildman–Crippen LogP) is 1.11. The molecule has 1 aliphatic heterocycles. The van der Waals surface area contributed by atoms with Gasteiger partial charge in [-0.05, 0) is 44.5 Å². The van der Waals surface area contributed by atoms with Crippen LogP contribution in [0, 0.1) is 0 Å². The van der Waals surface area contributed by atoms with E-state index in [4.69, 9.17) is 9.47 Å². The van der Waals surface area contributed by atoms with Gasteiger partial charge in [0.15, 0.2) is 15.6 Å². The van der Waals surface area contributed by atoms with Crippen LogP contribution in [-0.2, 0) is 33.7 Å². The van der Waals surface area contributed by atoms with E-state index in [1.807, 2.05) is 0 Å². The number of carbonyl (C=O) groups excluding carboxylic acids is 3. The maximum absolute atomic E-state index is 12.6. The van der Waals surface area contributed by atoms with Crippen LogP contribution in [-0.4, -0.2) is 51.1 Å².